The van der Waals surface area contributed by atoms with Gasteiger partial charge in [0, 0.05) is 11.5 Å². The predicted octanol–water partition coefficient (Wildman–Crippen LogP) is 3.53. The normalized spacial score (nSPS) is 37.6. The largest absolute Gasteiger partial charge is 0.332 e. The zero-order valence-corrected chi connectivity index (χ0v) is 16.3. The van der Waals surface area contributed by atoms with Gasteiger partial charge in [-0.2, -0.15) is 0 Å². The molecule has 3 atom stereocenters. The van der Waals surface area contributed by atoms with Crippen LogP contribution in [0.25, 0.3) is 0 Å². The monoisotopic (exact) mass is 375 g/mol. The SMILES string of the molecule is O=C1N2C(CCCC13CC3)CC[C@@]21CC1S(=O)(=O)CCC1=CC=CCC1. The van der Waals surface area contributed by atoms with Crippen molar-refractivity contribution in [2.45, 2.75) is 87.5 Å². The Morgan fingerprint density at radius 2 is 2.00 bits per heavy atom. The molecule has 5 heteroatoms. The first-order chi connectivity index (χ1) is 12.5. The second kappa shape index (κ2) is 5.70. The van der Waals surface area contributed by atoms with E-state index in [9.17, 15) is 13.2 Å². The topological polar surface area (TPSA) is 54.5 Å². The molecule has 2 saturated carbocycles. The minimum atomic E-state index is -3.14. The minimum absolute atomic E-state index is 0.109. The third-order valence-electron chi connectivity index (χ3n) is 7.69. The highest BCUT2D eigenvalue weighted by atomic mass is 32.2. The van der Waals surface area contributed by atoms with Crippen molar-refractivity contribution in [3.63, 3.8) is 0 Å². The van der Waals surface area contributed by atoms with E-state index in [-0.39, 0.29) is 22.0 Å². The van der Waals surface area contributed by atoms with Crippen molar-refractivity contribution < 1.29 is 13.2 Å². The Morgan fingerprint density at radius 3 is 2.73 bits per heavy atom. The zero-order valence-electron chi connectivity index (χ0n) is 15.5. The maximum Gasteiger partial charge on any atom is 0.229 e. The highest BCUT2D eigenvalue weighted by Gasteiger charge is 2.71. The van der Waals surface area contributed by atoms with Gasteiger partial charge in [-0.1, -0.05) is 30.2 Å². The van der Waals surface area contributed by atoms with E-state index in [1.807, 2.05) is 6.08 Å². The van der Waals surface area contributed by atoms with Gasteiger partial charge in [0.15, 0.2) is 9.84 Å². The highest BCUT2D eigenvalue weighted by molar-refractivity contribution is 7.92. The predicted molar refractivity (Wildman–Crippen MR) is 101 cm³/mol. The fourth-order valence-electron chi connectivity index (χ4n) is 5.84. The van der Waals surface area contributed by atoms with Gasteiger partial charge < -0.3 is 4.90 Å². The van der Waals surface area contributed by atoms with Gasteiger partial charge in [-0.05, 0) is 64.2 Å². The van der Waals surface area contributed by atoms with E-state index in [1.54, 1.807) is 0 Å². The van der Waals surface area contributed by atoms with Crippen molar-refractivity contribution in [2.24, 2.45) is 5.41 Å². The van der Waals surface area contributed by atoms with Gasteiger partial charge in [-0.25, -0.2) is 8.42 Å². The lowest BCUT2D eigenvalue weighted by Crippen LogP contribution is -2.47. The molecule has 2 aliphatic heterocycles. The molecule has 0 aromatic rings. The zero-order chi connectivity index (χ0) is 18.0. The van der Waals surface area contributed by atoms with Crippen LogP contribution in [0, 0.1) is 5.41 Å². The van der Waals surface area contributed by atoms with E-state index in [2.05, 4.69) is 17.1 Å². The van der Waals surface area contributed by atoms with Crippen LogP contribution in [0.1, 0.15) is 70.6 Å². The number of amides is 1. The smallest absolute Gasteiger partial charge is 0.229 e. The van der Waals surface area contributed by atoms with Gasteiger partial charge >= 0.3 is 0 Å². The Balaban J connectivity index is 1.34. The molecule has 0 bridgehead atoms. The third kappa shape index (κ3) is 2.53. The lowest BCUT2D eigenvalue weighted by atomic mass is 9.98. The molecule has 0 aromatic heterocycles. The van der Waals surface area contributed by atoms with Crippen LogP contribution in [-0.4, -0.2) is 41.8 Å². The van der Waals surface area contributed by atoms with Crippen molar-refractivity contribution in [1.82, 2.24) is 4.90 Å². The molecule has 2 heterocycles. The van der Waals surface area contributed by atoms with Crippen molar-refractivity contribution >= 4 is 15.7 Å². The first kappa shape index (κ1) is 17.0. The molecule has 4 fully saturated rings. The van der Waals surface area contributed by atoms with Crippen LogP contribution in [0.5, 0.6) is 0 Å². The molecular weight excluding hydrogens is 346 g/mol. The molecule has 26 heavy (non-hydrogen) atoms. The average molecular weight is 376 g/mol. The Hall–Kier alpha value is -1.10. The molecule has 2 spiro atoms. The van der Waals surface area contributed by atoms with Gasteiger partial charge in [-0.3, -0.25) is 4.79 Å². The van der Waals surface area contributed by atoms with Crippen molar-refractivity contribution in [3.8, 4) is 0 Å². The van der Waals surface area contributed by atoms with Gasteiger partial charge in [0.05, 0.1) is 16.5 Å². The molecule has 5 rings (SSSR count). The molecule has 5 aliphatic rings. The lowest BCUT2D eigenvalue weighted by molar-refractivity contribution is -0.139. The van der Waals surface area contributed by atoms with Crippen LogP contribution in [-0.2, 0) is 14.6 Å². The summed E-state index contributed by atoms with van der Waals surface area (Å²) < 4.78 is 26.1. The summed E-state index contributed by atoms with van der Waals surface area (Å²) in [5.41, 5.74) is 0.793. The maximum atomic E-state index is 13.3. The summed E-state index contributed by atoms with van der Waals surface area (Å²) in [5.74, 6) is 0.548. The second-order valence-corrected chi connectivity index (χ2v) is 11.5. The minimum Gasteiger partial charge on any atom is -0.332 e. The number of allylic oxidation sites excluding steroid dienone is 4. The van der Waals surface area contributed by atoms with Crippen LogP contribution in [0.15, 0.2) is 23.8 Å². The van der Waals surface area contributed by atoms with Crippen molar-refractivity contribution in [1.29, 1.82) is 0 Å². The molecule has 1 amide bonds. The first-order valence-electron chi connectivity index (χ1n) is 10.4. The second-order valence-electron chi connectivity index (χ2n) is 9.25. The molecule has 4 nitrogen and oxygen atoms in total. The molecule has 2 unspecified atom stereocenters. The summed E-state index contributed by atoms with van der Waals surface area (Å²) in [5, 5.41) is -0.308. The highest BCUT2D eigenvalue weighted by Crippen LogP contribution is 2.62. The van der Waals surface area contributed by atoms with Gasteiger partial charge in [0.25, 0.3) is 0 Å². The van der Waals surface area contributed by atoms with E-state index in [1.165, 1.54) is 5.57 Å². The molecular formula is C21H29NO3S. The number of carbonyl (C=O) groups excluding carboxylic acids is 1. The van der Waals surface area contributed by atoms with E-state index >= 15 is 0 Å². The van der Waals surface area contributed by atoms with Gasteiger partial charge in [-0.15, -0.1) is 0 Å². The van der Waals surface area contributed by atoms with Crippen LogP contribution in [0.3, 0.4) is 0 Å². The number of hydrogen-bond donors (Lipinski definition) is 0. The standard InChI is InChI=1S/C21H29NO3S/c23-19-20(12-13-20)10-4-7-17-8-11-21(22(17)19)15-18(21)26(24,25)14-9-16-5-2-1-3-6-16/h1-2,5,17-18H,3-4,6-15H2/t17?,18?,21-/m0/s1. The Labute approximate surface area is 156 Å². The average Bonchev–Trinajstić information content (AvgIpc) is 3.52. The summed E-state index contributed by atoms with van der Waals surface area (Å²) in [6.07, 6.45) is 16.7. The quantitative estimate of drug-likeness (QED) is 0.755. The Bertz CT molecular complexity index is 792. The van der Waals surface area contributed by atoms with Gasteiger partial charge in [0.2, 0.25) is 5.91 Å². The van der Waals surface area contributed by atoms with Crippen LogP contribution < -0.4 is 0 Å². The maximum absolute atomic E-state index is 13.3. The number of sulfone groups is 1. The summed E-state index contributed by atoms with van der Waals surface area (Å²) >= 11 is 0. The Kier molecular flexibility index (Phi) is 3.73. The van der Waals surface area contributed by atoms with Gasteiger partial charge in [0.1, 0.15) is 0 Å². The lowest BCUT2D eigenvalue weighted by Gasteiger charge is -2.32. The molecule has 142 valence electrons. The van der Waals surface area contributed by atoms with Crippen LogP contribution in [0.2, 0.25) is 0 Å². The van der Waals surface area contributed by atoms with E-state index < -0.39 is 9.84 Å². The summed E-state index contributed by atoms with van der Waals surface area (Å²) in [4.78, 5) is 15.4. The van der Waals surface area contributed by atoms with Crippen LogP contribution >= 0.6 is 0 Å². The first-order valence-corrected chi connectivity index (χ1v) is 12.1. The number of hydrogen-bond acceptors (Lipinski definition) is 3. The molecule has 2 saturated heterocycles. The number of nitrogens with zero attached hydrogens (tertiary/aromatic N) is 1. The molecule has 0 N–H and O–H groups in total. The van der Waals surface area contributed by atoms with E-state index in [0.29, 0.717) is 24.8 Å². The van der Waals surface area contributed by atoms with Crippen LogP contribution in [0.4, 0.5) is 0 Å². The summed E-state index contributed by atoms with van der Waals surface area (Å²) in [6, 6.07) is 0.300. The van der Waals surface area contributed by atoms with E-state index in [4.69, 9.17) is 0 Å². The summed E-state index contributed by atoms with van der Waals surface area (Å²) in [7, 11) is -3.14. The summed E-state index contributed by atoms with van der Waals surface area (Å²) in [6.45, 7) is 0. The number of fused-ring (bicyclic) bond motifs is 2. The molecule has 0 aromatic carbocycles. The third-order valence-corrected chi connectivity index (χ3v) is 9.94. The number of rotatable bonds is 4. The van der Waals surface area contributed by atoms with Crippen molar-refractivity contribution in [3.05, 3.63) is 23.8 Å². The molecule has 0 radical (unpaired) electrons. The number of carbonyl (C=O) groups is 1. The fourth-order valence-corrected chi connectivity index (χ4v) is 8.11. The fraction of sp³-hybridized carbons (Fsp3) is 0.762. The van der Waals surface area contributed by atoms with E-state index in [0.717, 1.165) is 57.8 Å². The molecule has 3 aliphatic carbocycles. The van der Waals surface area contributed by atoms with Crippen molar-refractivity contribution in [2.75, 3.05) is 5.75 Å². The Morgan fingerprint density at radius 1 is 1.15 bits per heavy atom.